The predicted octanol–water partition coefficient (Wildman–Crippen LogP) is 13.2. The summed E-state index contributed by atoms with van der Waals surface area (Å²) in [6, 6.07) is 52.5. The minimum Gasteiger partial charge on any atom is -0.457 e. The van der Waals surface area contributed by atoms with E-state index in [1.54, 1.807) is 0 Å². The summed E-state index contributed by atoms with van der Waals surface area (Å²) in [6.07, 6.45) is 6.38. The van der Waals surface area contributed by atoms with Crippen LogP contribution in [0.5, 0.6) is 34.5 Å². The normalized spacial score (nSPS) is 14.4. The van der Waals surface area contributed by atoms with Gasteiger partial charge in [-0.2, -0.15) is 0 Å². The zero-order valence-corrected chi connectivity index (χ0v) is 28.5. The Balaban J connectivity index is 1.21. The minimum absolute atomic E-state index is 0.644. The van der Waals surface area contributed by atoms with Gasteiger partial charge in [-0.1, -0.05) is 116 Å². The molecule has 1 aliphatic carbocycles. The maximum Gasteiger partial charge on any atom is 0.172 e. The number of hydrogen-bond acceptors (Lipinski definition) is 4. The molecule has 0 N–H and O–H groups in total. The van der Waals surface area contributed by atoms with Crippen molar-refractivity contribution in [3.63, 3.8) is 0 Å². The van der Waals surface area contributed by atoms with E-state index >= 15 is 0 Å². The first-order chi connectivity index (χ1) is 25.7. The van der Waals surface area contributed by atoms with Gasteiger partial charge in [0.2, 0.25) is 0 Å². The second-order valence-electron chi connectivity index (χ2n) is 13.2. The lowest BCUT2D eigenvalue weighted by Gasteiger charge is -2.40. The Morgan fingerprint density at radius 1 is 0.519 bits per heavy atom. The van der Waals surface area contributed by atoms with E-state index in [1.807, 2.05) is 54.6 Å². The third kappa shape index (κ3) is 4.28. The molecule has 10 rings (SSSR count). The molecule has 0 fully saturated rings. The van der Waals surface area contributed by atoms with Gasteiger partial charge in [0.25, 0.3) is 0 Å². The molecule has 4 heteroatoms. The number of benzene rings is 7. The van der Waals surface area contributed by atoms with E-state index in [4.69, 9.17) is 14.2 Å². The van der Waals surface area contributed by atoms with Crippen LogP contribution in [0.4, 0.5) is 17.1 Å². The van der Waals surface area contributed by atoms with Crippen molar-refractivity contribution in [3.8, 4) is 34.5 Å². The van der Waals surface area contributed by atoms with E-state index in [1.165, 1.54) is 5.56 Å². The monoisotopic (exact) mass is 671 g/mol. The molecule has 0 saturated carbocycles. The molecule has 1 spiro atoms. The minimum atomic E-state index is -0.644. The van der Waals surface area contributed by atoms with Gasteiger partial charge in [-0.15, -0.1) is 0 Å². The SMILES string of the molecule is C=CC1=C(/C=C\C)c2c(N(c3ccccc3)c3ccc4c(c3)Oc3cc5ccccc5cc3O4)cccc2C12c1ccccc1Oc1ccccc12. The predicted molar refractivity (Wildman–Crippen MR) is 210 cm³/mol. The summed E-state index contributed by atoms with van der Waals surface area (Å²) in [5.74, 6) is 4.43. The molecule has 7 aromatic carbocycles. The summed E-state index contributed by atoms with van der Waals surface area (Å²) in [4.78, 5) is 2.32. The van der Waals surface area contributed by atoms with Gasteiger partial charge in [0, 0.05) is 28.4 Å². The van der Waals surface area contributed by atoms with Crippen LogP contribution < -0.4 is 19.1 Å². The maximum atomic E-state index is 6.60. The molecule has 52 heavy (non-hydrogen) atoms. The summed E-state index contributed by atoms with van der Waals surface area (Å²) >= 11 is 0. The number of rotatable bonds is 5. The fraction of sp³-hybridized carbons (Fsp3) is 0.0417. The van der Waals surface area contributed by atoms with Crippen LogP contribution in [0.1, 0.15) is 29.2 Å². The Hall–Kier alpha value is -6.78. The Morgan fingerprint density at radius 3 is 1.77 bits per heavy atom. The first-order valence-electron chi connectivity index (χ1n) is 17.6. The lowest BCUT2D eigenvalue weighted by molar-refractivity contribution is 0.360. The van der Waals surface area contributed by atoms with Gasteiger partial charge in [-0.25, -0.2) is 0 Å². The number of fused-ring (bicyclic) bond motifs is 9. The second-order valence-corrected chi connectivity index (χ2v) is 13.2. The number of nitrogens with zero attached hydrogens (tertiary/aromatic N) is 1. The van der Waals surface area contributed by atoms with Gasteiger partial charge >= 0.3 is 0 Å². The molecule has 3 aliphatic rings. The van der Waals surface area contributed by atoms with E-state index in [0.717, 1.165) is 67.2 Å². The van der Waals surface area contributed by atoms with Crippen LogP contribution in [0.2, 0.25) is 0 Å². The van der Waals surface area contributed by atoms with E-state index in [9.17, 15) is 0 Å². The Morgan fingerprint density at radius 2 is 1.10 bits per heavy atom. The van der Waals surface area contributed by atoms with Crippen molar-refractivity contribution in [3.05, 3.63) is 204 Å². The lowest BCUT2D eigenvalue weighted by atomic mass is 9.65. The number of hydrogen-bond donors (Lipinski definition) is 0. The molecule has 0 radical (unpaired) electrons. The highest BCUT2D eigenvalue weighted by molar-refractivity contribution is 6.00. The first kappa shape index (κ1) is 30.1. The molecule has 0 amide bonds. The van der Waals surface area contributed by atoms with Crippen molar-refractivity contribution in [1.29, 1.82) is 0 Å². The Labute approximate surface area is 302 Å². The van der Waals surface area contributed by atoms with Crippen molar-refractivity contribution in [2.24, 2.45) is 0 Å². The average molecular weight is 672 g/mol. The van der Waals surface area contributed by atoms with Gasteiger partial charge in [-0.3, -0.25) is 0 Å². The van der Waals surface area contributed by atoms with Crippen molar-refractivity contribution in [1.82, 2.24) is 0 Å². The van der Waals surface area contributed by atoms with Gasteiger partial charge < -0.3 is 19.1 Å². The smallest absolute Gasteiger partial charge is 0.172 e. The largest absolute Gasteiger partial charge is 0.457 e. The van der Waals surface area contributed by atoms with Crippen LogP contribution in [0.25, 0.3) is 16.3 Å². The van der Waals surface area contributed by atoms with Crippen molar-refractivity contribution in [2.45, 2.75) is 12.3 Å². The molecular formula is C48H33NO3. The second kappa shape index (κ2) is 11.6. The number of anilines is 3. The van der Waals surface area contributed by atoms with Crippen molar-refractivity contribution in [2.75, 3.05) is 4.90 Å². The Bertz CT molecular complexity index is 2610. The van der Waals surface area contributed by atoms with Crippen LogP contribution in [0, 0.1) is 0 Å². The third-order valence-corrected chi connectivity index (χ3v) is 10.4. The number of ether oxygens (including phenoxy) is 3. The van der Waals surface area contributed by atoms with E-state index in [-0.39, 0.29) is 0 Å². The fourth-order valence-corrected chi connectivity index (χ4v) is 8.38. The van der Waals surface area contributed by atoms with E-state index < -0.39 is 5.41 Å². The summed E-state index contributed by atoms with van der Waals surface area (Å²) in [6.45, 7) is 6.53. The third-order valence-electron chi connectivity index (χ3n) is 10.4. The van der Waals surface area contributed by atoms with Gasteiger partial charge in [0.1, 0.15) is 11.5 Å². The van der Waals surface area contributed by atoms with E-state index in [2.05, 4.69) is 134 Å². The molecule has 2 heterocycles. The highest BCUT2D eigenvalue weighted by atomic mass is 16.6. The van der Waals surface area contributed by atoms with Crippen LogP contribution >= 0.6 is 0 Å². The quantitative estimate of drug-likeness (QED) is 0.182. The summed E-state index contributed by atoms with van der Waals surface area (Å²) in [5.41, 5.74) is 9.11. The topological polar surface area (TPSA) is 30.9 Å². The molecule has 0 aromatic heterocycles. The average Bonchev–Trinajstić information content (AvgIpc) is 3.47. The fourth-order valence-electron chi connectivity index (χ4n) is 8.38. The summed E-state index contributed by atoms with van der Waals surface area (Å²) < 4.78 is 19.6. The zero-order chi connectivity index (χ0) is 34.8. The molecule has 248 valence electrons. The molecule has 2 aliphatic heterocycles. The summed E-state index contributed by atoms with van der Waals surface area (Å²) in [5, 5.41) is 2.20. The van der Waals surface area contributed by atoms with Gasteiger partial charge in [0.05, 0.1) is 16.8 Å². The molecular weight excluding hydrogens is 639 g/mol. The highest BCUT2D eigenvalue weighted by Crippen LogP contribution is 2.63. The maximum absolute atomic E-state index is 6.60. The molecule has 7 aromatic rings. The highest BCUT2D eigenvalue weighted by Gasteiger charge is 2.52. The number of allylic oxidation sites excluding steroid dienone is 5. The first-order valence-corrected chi connectivity index (χ1v) is 17.6. The Kier molecular flexibility index (Phi) is 6.74. The lowest BCUT2D eigenvalue weighted by Crippen LogP contribution is -2.32. The molecule has 0 bridgehead atoms. The van der Waals surface area contributed by atoms with Crippen LogP contribution in [0.15, 0.2) is 182 Å². The van der Waals surface area contributed by atoms with Crippen LogP contribution in [0.3, 0.4) is 0 Å². The summed E-state index contributed by atoms with van der Waals surface area (Å²) in [7, 11) is 0. The van der Waals surface area contributed by atoms with Crippen LogP contribution in [-0.4, -0.2) is 0 Å². The van der Waals surface area contributed by atoms with Gasteiger partial charge in [0.15, 0.2) is 23.0 Å². The number of para-hydroxylation sites is 3. The molecule has 4 nitrogen and oxygen atoms in total. The zero-order valence-electron chi connectivity index (χ0n) is 28.5. The van der Waals surface area contributed by atoms with Gasteiger partial charge in [-0.05, 0) is 89.0 Å². The standard InChI is InChI=1S/C48H33NO3/c1-3-15-35-36(4-2)48(37-20-10-12-24-41(37)50-42-25-13-11-21-38(42)48)39-22-14-23-40(47(35)39)49(33-18-6-5-7-19-33)34-26-27-43-46(30-34)52-45-29-32-17-9-8-16-31(32)28-44(45)51-43/h3-30H,2H2,1H3/b15-3-. The van der Waals surface area contributed by atoms with E-state index in [0.29, 0.717) is 23.0 Å². The van der Waals surface area contributed by atoms with Crippen LogP contribution in [-0.2, 0) is 5.41 Å². The molecule has 0 saturated heterocycles. The van der Waals surface area contributed by atoms with Crippen molar-refractivity contribution >= 4 is 33.4 Å². The molecule has 0 unspecified atom stereocenters. The van der Waals surface area contributed by atoms with Crippen molar-refractivity contribution < 1.29 is 14.2 Å². The molecule has 0 atom stereocenters.